The Labute approximate surface area is 72.3 Å². The fourth-order valence-corrected chi connectivity index (χ4v) is 0.838. The lowest BCUT2D eigenvalue weighted by molar-refractivity contribution is -0.118. The molecule has 0 amide bonds. The van der Waals surface area contributed by atoms with E-state index in [0.717, 1.165) is 6.29 Å². The molecule has 0 spiro atoms. The highest BCUT2D eigenvalue weighted by molar-refractivity contribution is 5.81. The highest BCUT2D eigenvalue weighted by Gasteiger charge is 2.11. The summed E-state index contributed by atoms with van der Waals surface area (Å²) in [5, 5.41) is 0. The van der Waals surface area contributed by atoms with Crippen LogP contribution in [0.5, 0.6) is 0 Å². The molecule has 0 fully saturated rings. The number of carbonyl (C=O) groups excluding carboxylic acids is 2. The fourth-order valence-electron chi connectivity index (χ4n) is 0.838. The van der Waals surface area contributed by atoms with Crippen LogP contribution in [-0.2, 0) is 9.59 Å². The van der Waals surface area contributed by atoms with E-state index in [2.05, 4.69) is 0 Å². The second-order valence-corrected chi connectivity index (χ2v) is 2.93. The minimum Gasteiger partial charge on any atom is -0.330 e. The summed E-state index contributed by atoms with van der Waals surface area (Å²) in [5.74, 6) is -0.202. The molecule has 0 radical (unpaired) electrons. The van der Waals surface area contributed by atoms with Crippen LogP contribution in [0.3, 0.4) is 0 Å². The molecule has 12 heavy (non-hydrogen) atoms. The van der Waals surface area contributed by atoms with Crippen molar-refractivity contribution in [1.29, 1.82) is 0 Å². The molecule has 70 valence electrons. The van der Waals surface area contributed by atoms with Gasteiger partial charge in [-0.15, -0.1) is 0 Å². The highest BCUT2D eigenvalue weighted by atomic mass is 16.1. The molecule has 2 atom stereocenters. The molecule has 4 nitrogen and oxygen atoms in total. The molecule has 4 N–H and O–H groups in total. The van der Waals surface area contributed by atoms with E-state index in [1.807, 2.05) is 0 Å². The molecular weight excluding hydrogens is 156 g/mol. The van der Waals surface area contributed by atoms with Crippen LogP contribution in [0, 0.1) is 5.92 Å². The van der Waals surface area contributed by atoms with Crippen LogP contribution in [0.4, 0.5) is 0 Å². The van der Waals surface area contributed by atoms with Gasteiger partial charge in [0.2, 0.25) is 0 Å². The first-order chi connectivity index (χ1) is 5.61. The van der Waals surface area contributed by atoms with Crippen molar-refractivity contribution in [1.82, 2.24) is 0 Å². The lowest BCUT2D eigenvalue weighted by Crippen LogP contribution is -2.29. The van der Waals surface area contributed by atoms with Gasteiger partial charge in [-0.25, -0.2) is 0 Å². The van der Waals surface area contributed by atoms with E-state index in [1.165, 1.54) is 6.92 Å². The molecule has 0 aliphatic heterocycles. The van der Waals surface area contributed by atoms with E-state index >= 15 is 0 Å². The predicted octanol–water partition coefficient (Wildman–Crippen LogP) is -0.543. The van der Waals surface area contributed by atoms with Crippen molar-refractivity contribution < 1.29 is 9.59 Å². The van der Waals surface area contributed by atoms with Crippen LogP contribution in [-0.4, -0.2) is 24.7 Å². The van der Waals surface area contributed by atoms with Gasteiger partial charge in [0.15, 0.2) is 0 Å². The summed E-state index contributed by atoms with van der Waals surface area (Å²) in [6.07, 6.45) is 1.95. The van der Waals surface area contributed by atoms with Crippen LogP contribution < -0.4 is 11.5 Å². The molecule has 4 heteroatoms. The first-order valence-electron chi connectivity index (χ1n) is 4.03. The number of ketones is 1. The topological polar surface area (TPSA) is 86.2 Å². The van der Waals surface area contributed by atoms with Crippen molar-refractivity contribution in [2.45, 2.75) is 25.8 Å². The Morgan fingerprint density at radius 1 is 1.50 bits per heavy atom. The maximum Gasteiger partial charge on any atom is 0.146 e. The van der Waals surface area contributed by atoms with Crippen LogP contribution in [0.2, 0.25) is 0 Å². The Morgan fingerprint density at radius 2 is 2.08 bits per heavy atom. The smallest absolute Gasteiger partial charge is 0.146 e. The van der Waals surface area contributed by atoms with Crippen molar-refractivity contribution in [3.05, 3.63) is 0 Å². The molecule has 0 bridgehead atoms. The second-order valence-electron chi connectivity index (χ2n) is 2.93. The van der Waals surface area contributed by atoms with Crippen molar-refractivity contribution in [3.63, 3.8) is 0 Å². The van der Waals surface area contributed by atoms with Gasteiger partial charge < -0.3 is 16.3 Å². The zero-order chi connectivity index (χ0) is 9.56. The maximum atomic E-state index is 10.7. The van der Waals surface area contributed by atoms with Crippen LogP contribution in [0.1, 0.15) is 19.8 Å². The molecule has 0 aliphatic rings. The SMILES string of the molecule is CC(=O)C(N)CCC(C=O)CN. The van der Waals surface area contributed by atoms with Crippen LogP contribution in [0.25, 0.3) is 0 Å². The number of rotatable bonds is 6. The minimum atomic E-state index is -0.445. The molecule has 0 saturated carbocycles. The lowest BCUT2D eigenvalue weighted by atomic mass is 10.00. The van der Waals surface area contributed by atoms with E-state index in [9.17, 15) is 9.59 Å². The zero-order valence-electron chi connectivity index (χ0n) is 7.32. The number of aldehydes is 1. The Kier molecular flexibility index (Phi) is 5.49. The Bertz CT molecular complexity index is 157. The Balaban J connectivity index is 3.65. The van der Waals surface area contributed by atoms with Crippen molar-refractivity contribution in [2.75, 3.05) is 6.54 Å². The molecule has 0 aromatic heterocycles. The van der Waals surface area contributed by atoms with Crippen LogP contribution in [0.15, 0.2) is 0 Å². The monoisotopic (exact) mass is 172 g/mol. The van der Waals surface area contributed by atoms with E-state index < -0.39 is 6.04 Å². The standard InChI is InChI=1S/C8H16N2O2/c1-6(12)8(10)3-2-7(4-9)5-11/h5,7-8H,2-4,9-10H2,1H3. The molecule has 0 saturated heterocycles. The molecule has 0 heterocycles. The summed E-state index contributed by atoms with van der Waals surface area (Å²) in [6.45, 7) is 1.77. The second kappa shape index (κ2) is 5.85. The number of hydrogen-bond donors (Lipinski definition) is 2. The maximum absolute atomic E-state index is 10.7. The van der Waals surface area contributed by atoms with Gasteiger partial charge >= 0.3 is 0 Å². The quantitative estimate of drug-likeness (QED) is 0.527. The number of nitrogens with two attached hydrogens (primary N) is 2. The molecular formula is C8H16N2O2. The normalized spacial score (nSPS) is 15.2. The molecule has 2 unspecified atom stereocenters. The molecule has 0 rings (SSSR count). The van der Waals surface area contributed by atoms with Gasteiger partial charge in [-0.3, -0.25) is 4.79 Å². The summed E-state index contributed by atoms with van der Waals surface area (Å²) >= 11 is 0. The van der Waals surface area contributed by atoms with Crippen LogP contribution >= 0.6 is 0 Å². The van der Waals surface area contributed by atoms with E-state index in [1.54, 1.807) is 0 Å². The van der Waals surface area contributed by atoms with E-state index in [4.69, 9.17) is 11.5 Å². The first-order valence-corrected chi connectivity index (χ1v) is 4.03. The molecule has 0 aromatic carbocycles. The first kappa shape index (κ1) is 11.3. The van der Waals surface area contributed by atoms with Gasteiger partial charge in [0.05, 0.1) is 6.04 Å². The average molecular weight is 172 g/mol. The zero-order valence-corrected chi connectivity index (χ0v) is 7.32. The largest absolute Gasteiger partial charge is 0.330 e. The minimum absolute atomic E-state index is 0.0447. The van der Waals surface area contributed by atoms with Gasteiger partial charge in [-0.2, -0.15) is 0 Å². The van der Waals surface area contributed by atoms with Gasteiger partial charge in [-0.1, -0.05) is 0 Å². The highest BCUT2D eigenvalue weighted by Crippen LogP contribution is 2.04. The Hall–Kier alpha value is -0.740. The van der Waals surface area contributed by atoms with Crippen molar-refractivity contribution >= 4 is 12.1 Å². The van der Waals surface area contributed by atoms with Crippen molar-refractivity contribution in [2.24, 2.45) is 17.4 Å². The summed E-state index contributed by atoms with van der Waals surface area (Å²) in [6, 6.07) is -0.445. The molecule has 0 aliphatic carbocycles. The third kappa shape index (κ3) is 4.20. The number of hydrogen-bond acceptors (Lipinski definition) is 4. The average Bonchev–Trinajstić information content (AvgIpc) is 2.05. The van der Waals surface area contributed by atoms with E-state index in [-0.39, 0.29) is 11.7 Å². The van der Waals surface area contributed by atoms with Gasteiger partial charge in [0, 0.05) is 12.5 Å². The van der Waals surface area contributed by atoms with E-state index in [0.29, 0.717) is 19.4 Å². The molecule has 0 aromatic rings. The number of carbonyl (C=O) groups is 2. The Morgan fingerprint density at radius 3 is 2.42 bits per heavy atom. The summed E-state index contributed by atoms with van der Waals surface area (Å²) in [4.78, 5) is 21.0. The third-order valence-corrected chi connectivity index (χ3v) is 1.87. The van der Waals surface area contributed by atoms with Gasteiger partial charge in [0.1, 0.15) is 12.1 Å². The van der Waals surface area contributed by atoms with Gasteiger partial charge in [-0.05, 0) is 19.8 Å². The number of Topliss-reactive ketones (excluding diaryl/α,β-unsaturated/α-hetero) is 1. The summed E-state index contributed by atoms with van der Waals surface area (Å²) in [7, 11) is 0. The third-order valence-electron chi connectivity index (χ3n) is 1.87. The summed E-state index contributed by atoms with van der Waals surface area (Å²) in [5.41, 5.74) is 10.8. The lowest BCUT2D eigenvalue weighted by Gasteiger charge is -2.10. The van der Waals surface area contributed by atoms with Crippen molar-refractivity contribution in [3.8, 4) is 0 Å². The van der Waals surface area contributed by atoms with Gasteiger partial charge in [0.25, 0.3) is 0 Å². The fraction of sp³-hybridized carbons (Fsp3) is 0.750. The summed E-state index contributed by atoms with van der Waals surface area (Å²) < 4.78 is 0. The predicted molar refractivity (Wildman–Crippen MR) is 46.5 cm³/mol.